The van der Waals surface area contributed by atoms with Crippen molar-refractivity contribution >= 4 is 23.3 Å². The van der Waals surface area contributed by atoms with Crippen molar-refractivity contribution in [2.75, 3.05) is 6.54 Å². The van der Waals surface area contributed by atoms with Gasteiger partial charge in [0.25, 0.3) is 0 Å². The van der Waals surface area contributed by atoms with Crippen molar-refractivity contribution in [3.8, 4) is 0 Å². The second-order valence-electron chi connectivity index (χ2n) is 3.01. The zero-order chi connectivity index (χ0) is 9.14. The molecule has 0 bridgehead atoms. The molecule has 0 aromatic carbocycles. The molecule has 0 radical (unpaired) electrons. The maximum absolute atomic E-state index is 10.3. The summed E-state index contributed by atoms with van der Waals surface area (Å²) >= 11 is 4.94. The van der Waals surface area contributed by atoms with Crippen LogP contribution >= 0.6 is 12.2 Å². The van der Waals surface area contributed by atoms with Crippen LogP contribution < -0.4 is 10.6 Å². The number of rotatable bonds is 2. The van der Waals surface area contributed by atoms with Crippen molar-refractivity contribution in [3.05, 3.63) is 0 Å². The van der Waals surface area contributed by atoms with E-state index in [2.05, 4.69) is 10.6 Å². The molecular weight excluding hydrogens is 176 g/mol. The normalized spacial score (nSPS) is 24.8. The Morgan fingerprint density at radius 2 is 2.58 bits per heavy atom. The molecule has 12 heavy (non-hydrogen) atoms. The van der Waals surface area contributed by atoms with E-state index in [-0.39, 0.29) is 6.04 Å². The maximum atomic E-state index is 10.3. The summed E-state index contributed by atoms with van der Waals surface area (Å²) in [6.07, 6.45) is -0.183. The third-order valence-corrected chi connectivity index (χ3v) is 2.38. The molecule has 0 aromatic rings. The lowest BCUT2D eigenvalue weighted by molar-refractivity contribution is 0.187. The molecule has 4 nitrogen and oxygen atoms in total. The Morgan fingerprint density at radius 1 is 1.92 bits per heavy atom. The van der Waals surface area contributed by atoms with Crippen molar-refractivity contribution in [3.63, 3.8) is 0 Å². The maximum Gasteiger partial charge on any atom is 0.404 e. The average molecular weight is 188 g/mol. The van der Waals surface area contributed by atoms with Crippen molar-refractivity contribution < 1.29 is 9.90 Å². The zero-order valence-electron chi connectivity index (χ0n) is 6.83. The summed E-state index contributed by atoms with van der Waals surface area (Å²) in [5.41, 5.74) is 0. The third kappa shape index (κ3) is 2.34. The van der Waals surface area contributed by atoms with Crippen LogP contribution in [-0.4, -0.2) is 28.8 Å². The predicted octanol–water partition coefficient (Wildman–Crippen LogP) is 0.579. The highest BCUT2D eigenvalue weighted by atomic mass is 32.1. The number of hydrogen-bond acceptors (Lipinski definition) is 2. The highest BCUT2D eigenvalue weighted by Crippen LogP contribution is 2.14. The van der Waals surface area contributed by atoms with E-state index in [9.17, 15) is 4.79 Å². The number of amides is 1. The SMILES string of the molecule is C[C@H](NC(=O)O)C1CNC(=S)C1. The van der Waals surface area contributed by atoms with Gasteiger partial charge in [-0.1, -0.05) is 12.2 Å². The van der Waals surface area contributed by atoms with E-state index in [0.717, 1.165) is 18.0 Å². The topological polar surface area (TPSA) is 61.4 Å². The van der Waals surface area contributed by atoms with Crippen molar-refractivity contribution in [2.24, 2.45) is 5.92 Å². The van der Waals surface area contributed by atoms with Gasteiger partial charge in [-0.3, -0.25) is 0 Å². The number of carbonyl (C=O) groups is 1. The number of nitrogens with one attached hydrogen (secondary N) is 2. The molecule has 0 aromatic heterocycles. The van der Waals surface area contributed by atoms with Crippen LogP contribution in [0.3, 0.4) is 0 Å². The van der Waals surface area contributed by atoms with Gasteiger partial charge in [0, 0.05) is 24.9 Å². The lowest BCUT2D eigenvalue weighted by Gasteiger charge is -2.16. The molecule has 1 aliphatic heterocycles. The fourth-order valence-corrected chi connectivity index (χ4v) is 1.59. The molecule has 1 aliphatic rings. The van der Waals surface area contributed by atoms with Gasteiger partial charge in [0.1, 0.15) is 0 Å². The van der Waals surface area contributed by atoms with Crippen LogP contribution in [0, 0.1) is 5.92 Å². The molecule has 2 atom stereocenters. The summed E-state index contributed by atoms with van der Waals surface area (Å²) < 4.78 is 0. The number of hydrogen-bond donors (Lipinski definition) is 3. The Morgan fingerprint density at radius 3 is 3.00 bits per heavy atom. The fourth-order valence-electron chi connectivity index (χ4n) is 1.29. The quantitative estimate of drug-likeness (QED) is 0.555. The minimum Gasteiger partial charge on any atom is -0.465 e. The minimum atomic E-state index is -0.972. The first-order chi connectivity index (χ1) is 5.59. The average Bonchev–Trinajstić information content (AvgIpc) is 2.34. The molecule has 1 heterocycles. The summed E-state index contributed by atoms with van der Waals surface area (Å²) in [6.45, 7) is 2.63. The van der Waals surface area contributed by atoms with E-state index < -0.39 is 6.09 Å². The second-order valence-corrected chi connectivity index (χ2v) is 3.50. The van der Waals surface area contributed by atoms with Gasteiger partial charge in [-0.15, -0.1) is 0 Å². The molecule has 3 N–H and O–H groups in total. The largest absolute Gasteiger partial charge is 0.465 e. The van der Waals surface area contributed by atoms with Crippen LogP contribution in [0.2, 0.25) is 0 Å². The Bertz CT molecular complexity index is 208. The predicted molar refractivity (Wildman–Crippen MR) is 49.3 cm³/mol. The van der Waals surface area contributed by atoms with Crippen molar-refractivity contribution in [1.82, 2.24) is 10.6 Å². The van der Waals surface area contributed by atoms with Crippen molar-refractivity contribution in [1.29, 1.82) is 0 Å². The Balaban J connectivity index is 2.37. The molecule has 1 amide bonds. The molecule has 5 heteroatoms. The van der Waals surface area contributed by atoms with E-state index in [1.807, 2.05) is 6.92 Å². The lowest BCUT2D eigenvalue weighted by atomic mass is 10.0. The van der Waals surface area contributed by atoms with Crippen LogP contribution in [0.15, 0.2) is 0 Å². The summed E-state index contributed by atoms with van der Waals surface area (Å²) in [4.78, 5) is 11.1. The molecule has 0 saturated carbocycles. The molecular formula is C7H12N2O2S. The first kappa shape index (κ1) is 9.25. The molecule has 1 fully saturated rings. The van der Waals surface area contributed by atoms with Gasteiger partial charge in [0.05, 0.1) is 4.99 Å². The van der Waals surface area contributed by atoms with Crippen molar-refractivity contribution in [2.45, 2.75) is 19.4 Å². The molecule has 68 valence electrons. The first-order valence-electron chi connectivity index (χ1n) is 3.85. The summed E-state index contributed by atoms with van der Waals surface area (Å²) in [7, 11) is 0. The van der Waals surface area contributed by atoms with Crippen LogP contribution in [-0.2, 0) is 0 Å². The van der Waals surface area contributed by atoms with Gasteiger partial charge in [0.2, 0.25) is 0 Å². The molecule has 1 saturated heterocycles. The monoisotopic (exact) mass is 188 g/mol. The van der Waals surface area contributed by atoms with Gasteiger partial charge in [0.15, 0.2) is 0 Å². The molecule has 0 aliphatic carbocycles. The smallest absolute Gasteiger partial charge is 0.404 e. The minimum absolute atomic E-state index is 0.0320. The van der Waals surface area contributed by atoms with Crippen LogP contribution in [0.25, 0.3) is 0 Å². The van der Waals surface area contributed by atoms with Crippen LogP contribution in [0.1, 0.15) is 13.3 Å². The van der Waals surface area contributed by atoms with Gasteiger partial charge in [-0.05, 0) is 6.92 Å². The van der Waals surface area contributed by atoms with E-state index in [0.29, 0.717) is 5.92 Å². The highest BCUT2D eigenvalue weighted by molar-refractivity contribution is 7.80. The van der Waals surface area contributed by atoms with E-state index >= 15 is 0 Å². The van der Waals surface area contributed by atoms with Gasteiger partial charge in [-0.2, -0.15) is 0 Å². The number of carboxylic acid groups (broad SMARTS) is 1. The van der Waals surface area contributed by atoms with E-state index in [1.165, 1.54) is 0 Å². The highest BCUT2D eigenvalue weighted by Gasteiger charge is 2.25. The summed E-state index contributed by atoms with van der Waals surface area (Å²) in [5.74, 6) is 0.300. The number of thiocarbonyl (C=S) groups is 1. The van der Waals surface area contributed by atoms with Gasteiger partial charge in [-0.25, -0.2) is 4.79 Å². The lowest BCUT2D eigenvalue weighted by Crippen LogP contribution is -2.37. The Labute approximate surface area is 76.3 Å². The second kappa shape index (κ2) is 3.71. The van der Waals surface area contributed by atoms with Gasteiger partial charge >= 0.3 is 6.09 Å². The van der Waals surface area contributed by atoms with Crippen LogP contribution in [0.4, 0.5) is 4.79 Å². The summed E-state index contributed by atoms with van der Waals surface area (Å²) in [5, 5.41) is 13.9. The Kier molecular flexibility index (Phi) is 2.86. The summed E-state index contributed by atoms with van der Waals surface area (Å²) in [6, 6.07) is -0.0320. The van der Waals surface area contributed by atoms with E-state index in [4.69, 9.17) is 17.3 Å². The van der Waals surface area contributed by atoms with Crippen LogP contribution in [0.5, 0.6) is 0 Å². The first-order valence-corrected chi connectivity index (χ1v) is 4.26. The molecule has 0 spiro atoms. The Hall–Kier alpha value is -0.840. The molecule has 1 rings (SSSR count). The zero-order valence-corrected chi connectivity index (χ0v) is 7.65. The van der Waals surface area contributed by atoms with E-state index in [1.54, 1.807) is 0 Å². The molecule has 1 unspecified atom stereocenters. The fraction of sp³-hybridized carbons (Fsp3) is 0.714. The standard InChI is InChI=1S/C7H12N2O2S/c1-4(9-7(10)11)5-2-6(12)8-3-5/h4-5,9H,2-3H2,1H3,(H,8,12)(H,10,11)/t4-,5?/m0/s1. The van der Waals surface area contributed by atoms with Gasteiger partial charge < -0.3 is 15.7 Å². The third-order valence-electron chi connectivity index (χ3n) is 2.07.